The maximum atomic E-state index is 12.1. The van der Waals surface area contributed by atoms with Gasteiger partial charge in [0.15, 0.2) is 28.4 Å². The third-order valence-corrected chi connectivity index (χ3v) is 4.06. The number of amides is 1. The van der Waals surface area contributed by atoms with Crippen LogP contribution in [0.15, 0.2) is 29.3 Å². The van der Waals surface area contributed by atoms with E-state index in [2.05, 4.69) is 27.2 Å². The summed E-state index contributed by atoms with van der Waals surface area (Å²) in [6.07, 6.45) is 2.53. The molecule has 0 spiro atoms. The quantitative estimate of drug-likeness (QED) is 0.184. The fraction of sp³-hybridized carbons (Fsp3) is 0.316. The largest absolute Gasteiger partial charge is 3.00 e. The molecule has 0 aliphatic carbocycles. The molecule has 0 radical (unpaired) electrons. The molecule has 1 atom stereocenters. The summed E-state index contributed by atoms with van der Waals surface area (Å²) in [6, 6.07) is 7.92. The Morgan fingerprint density at radius 3 is 2.53 bits per heavy atom. The van der Waals surface area contributed by atoms with E-state index in [0.717, 1.165) is 25.0 Å². The van der Waals surface area contributed by atoms with E-state index < -0.39 is 5.91 Å². The molecule has 0 saturated heterocycles. The first-order valence-electron chi connectivity index (χ1n) is 9.04. The van der Waals surface area contributed by atoms with Crippen LogP contribution in [0.3, 0.4) is 0 Å². The van der Waals surface area contributed by atoms with Gasteiger partial charge < -0.3 is 28.9 Å². The van der Waals surface area contributed by atoms with Crippen molar-refractivity contribution in [3.8, 4) is 5.75 Å². The van der Waals surface area contributed by atoms with Gasteiger partial charge in [0.05, 0.1) is 0 Å². The molecule has 1 amide bonds. The van der Waals surface area contributed by atoms with Crippen LogP contribution in [-0.4, -0.2) is 34.5 Å². The predicted molar refractivity (Wildman–Crippen MR) is 115 cm³/mol. The topological polar surface area (TPSA) is 155 Å². The minimum absolute atomic E-state index is 0. The van der Waals surface area contributed by atoms with E-state index in [-0.39, 0.29) is 67.3 Å². The molecule has 1 aromatic heterocycles. The van der Waals surface area contributed by atoms with E-state index in [4.69, 9.17) is 33.5 Å². The molecular formula is C19H25ClN7O2Y+2. The van der Waals surface area contributed by atoms with Gasteiger partial charge in [0.25, 0.3) is 5.91 Å². The van der Waals surface area contributed by atoms with Crippen LogP contribution in [0, 0.1) is 6.92 Å². The minimum Gasteiger partial charge on any atom is -0.522 e. The molecule has 0 fully saturated rings. The molecule has 2 rings (SSSR count). The van der Waals surface area contributed by atoms with Gasteiger partial charge in [-0.25, -0.2) is 9.97 Å². The van der Waals surface area contributed by atoms with Gasteiger partial charge in [0.1, 0.15) is 5.75 Å². The Morgan fingerprint density at radius 2 is 1.90 bits per heavy atom. The zero-order valence-corrected chi connectivity index (χ0v) is 20.4. The monoisotopic (exact) mass is 507 g/mol. The summed E-state index contributed by atoms with van der Waals surface area (Å²) in [5, 5.41) is 2.29. The number of ether oxygens (including phenoxy) is 1. The Bertz CT molecular complexity index is 876. The summed E-state index contributed by atoms with van der Waals surface area (Å²) in [4.78, 5) is 23.8. The SMILES string of the molecule is [CH2-]C(C)Oc1ccc(CCCCN=C(N)NC(=O)c2nc(Cl)c(N)nc2N)cc1.[Y+3]. The van der Waals surface area contributed by atoms with Gasteiger partial charge in [0, 0.05) is 6.54 Å². The van der Waals surface area contributed by atoms with Crippen molar-refractivity contribution in [1.29, 1.82) is 0 Å². The fourth-order valence-electron chi connectivity index (χ4n) is 2.43. The minimum atomic E-state index is -0.656. The maximum absolute atomic E-state index is 12.1. The number of nitrogens with one attached hydrogen (secondary N) is 1. The molecule has 2 aromatic rings. The summed E-state index contributed by atoms with van der Waals surface area (Å²) in [7, 11) is 0. The van der Waals surface area contributed by atoms with Crippen molar-refractivity contribution >= 4 is 35.1 Å². The van der Waals surface area contributed by atoms with Crippen LogP contribution in [0.4, 0.5) is 11.6 Å². The Labute approximate surface area is 206 Å². The van der Waals surface area contributed by atoms with Crippen molar-refractivity contribution in [3.05, 3.63) is 47.6 Å². The second-order valence-corrected chi connectivity index (χ2v) is 6.74. The number of nitrogens with two attached hydrogens (primary N) is 3. The van der Waals surface area contributed by atoms with Crippen molar-refractivity contribution < 1.29 is 42.2 Å². The van der Waals surface area contributed by atoms with Crippen LogP contribution in [0.2, 0.25) is 5.15 Å². The molecule has 1 unspecified atom stereocenters. The third-order valence-electron chi connectivity index (χ3n) is 3.78. The first-order chi connectivity index (χ1) is 13.8. The molecule has 156 valence electrons. The van der Waals surface area contributed by atoms with Crippen molar-refractivity contribution in [1.82, 2.24) is 15.3 Å². The number of nitrogen functional groups attached to an aromatic ring is 2. The Kier molecular flexibility index (Phi) is 11.0. The van der Waals surface area contributed by atoms with Crippen LogP contribution >= 0.6 is 11.6 Å². The summed E-state index contributed by atoms with van der Waals surface area (Å²) >= 11 is 5.76. The van der Waals surface area contributed by atoms with E-state index in [9.17, 15) is 4.79 Å². The van der Waals surface area contributed by atoms with Crippen molar-refractivity contribution in [2.24, 2.45) is 10.7 Å². The normalized spacial score (nSPS) is 12.0. The first-order valence-corrected chi connectivity index (χ1v) is 9.42. The number of rotatable bonds is 8. The average molecular weight is 508 g/mol. The van der Waals surface area contributed by atoms with Crippen LogP contribution in [0.25, 0.3) is 0 Å². The molecule has 1 aromatic carbocycles. The zero-order valence-electron chi connectivity index (χ0n) is 16.8. The van der Waals surface area contributed by atoms with Crippen LogP contribution in [-0.2, 0) is 39.1 Å². The first kappa shape index (κ1) is 26.1. The zero-order chi connectivity index (χ0) is 21.4. The van der Waals surface area contributed by atoms with Gasteiger partial charge >= 0.3 is 32.7 Å². The molecule has 30 heavy (non-hydrogen) atoms. The summed E-state index contributed by atoms with van der Waals surface area (Å²) in [5.41, 5.74) is 17.9. The number of aliphatic imine (C=N–C) groups is 1. The number of halogens is 1. The van der Waals surface area contributed by atoms with Crippen LogP contribution in [0.1, 0.15) is 35.8 Å². The van der Waals surface area contributed by atoms with Crippen molar-refractivity contribution in [3.63, 3.8) is 0 Å². The van der Waals surface area contributed by atoms with Crippen molar-refractivity contribution in [2.75, 3.05) is 18.0 Å². The number of aryl methyl sites for hydroxylation is 1. The standard InChI is InChI=1S/C19H25ClN7O2.Y/c1-11(2)29-13-8-6-12(7-9-13)5-3-4-10-24-19(23)27-18(28)14-16(21)26-17(22)15(20)25-14;/h6-9,11H,1,3-5,10H2,2H3,(H4,21,22,26)(H3,23,24,27,28);/q-1;+3. The average Bonchev–Trinajstić information content (AvgIpc) is 2.65. The van der Waals surface area contributed by atoms with Crippen LogP contribution in [0.5, 0.6) is 5.75 Å². The summed E-state index contributed by atoms with van der Waals surface area (Å²) in [5.74, 6) is -0.0817. The second kappa shape index (κ2) is 12.7. The molecule has 9 nitrogen and oxygen atoms in total. The van der Waals surface area contributed by atoms with E-state index in [1.807, 2.05) is 31.2 Å². The number of carbonyl (C=O) groups excluding carboxylic acids is 1. The number of hydrogen-bond donors (Lipinski definition) is 4. The molecule has 11 heteroatoms. The van der Waals surface area contributed by atoms with Crippen LogP contribution < -0.4 is 27.3 Å². The van der Waals surface area contributed by atoms with Gasteiger partial charge in [-0.05, 0) is 43.1 Å². The van der Waals surface area contributed by atoms with E-state index in [1.54, 1.807) is 0 Å². The van der Waals surface area contributed by atoms with Crippen molar-refractivity contribution in [2.45, 2.75) is 32.3 Å². The second-order valence-electron chi connectivity index (χ2n) is 6.38. The number of anilines is 2. The van der Waals surface area contributed by atoms with E-state index in [1.165, 1.54) is 5.56 Å². The molecule has 0 bridgehead atoms. The van der Waals surface area contributed by atoms with E-state index in [0.29, 0.717) is 6.54 Å². The number of benzene rings is 1. The molecule has 0 aliphatic rings. The Morgan fingerprint density at radius 1 is 1.23 bits per heavy atom. The Hall–Kier alpha value is -1.97. The molecule has 7 N–H and O–H groups in total. The summed E-state index contributed by atoms with van der Waals surface area (Å²) in [6.45, 7) is 6.15. The predicted octanol–water partition coefficient (Wildman–Crippen LogP) is 1.96. The van der Waals surface area contributed by atoms with Gasteiger partial charge in [-0.1, -0.05) is 30.7 Å². The van der Waals surface area contributed by atoms with E-state index >= 15 is 0 Å². The smallest absolute Gasteiger partial charge is 0.522 e. The number of unbranched alkanes of at least 4 members (excludes halogenated alkanes) is 1. The fourth-order valence-corrected chi connectivity index (χ4v) is 2.56. The Balaban J connectivity index is 0.00000450. The van der Waals surface area contributed by atoms with Gasteiger partial charge in [0.2, 0.25) is 0 Å². The number of nitrogens with zero attached hydrogens (tertiary/aromatic N) is 3. The molecular weight excluding hydrogens is 483 g/mol. The molecule has 0 saturated carbocycles. The van der Waals surface area contributed by atoms with Gasteiger partial charge in [-0.3, -0.25) is 15.1 Å². The number of carbonyl (C=O) groups is 1. The molecule has 0 aliphatic heterocycles. The van der Waals surface area contributed by atoms with Gasteiger partial charge in [-0.2, -0.15) is 0 Å². The number of guanidine groups is 1. The maximum Gasteiger partial charge on any atom is 3.00 e. The number of hydrogen-bond acceptors (Lipinski definition) is 7. The summed E-state index contributed by atoms with van der Waals surface area (Å²) < 4.78 is 5.51. The number of aromatic nitrogens is 2. The van der Waals surface area contributed by atoms with Gasteiger partial charge in [-0.15, -0.1) is 0 Å². The third kappa shape index (κ3) is 8.41. The molecule has 1 heterocycles.